The maximum Gasteiger partial charge on any atom is 0.331 e. The monoisotopic (exact) mass is 544 g/mol. The number of morpholine rings is 1. The summed E-state index contributed by atoms with van der Waals surface area (Å²) in [6.07, 6.45) is 5.66. The third-order valence-electron chi connectivity index (χ3n) is 6.58. The van der Waals surface area contributed by atoms with Gasteiger partial charge in [-0.15, -0.1) is 12.4 Å². The van der Waals surface area contributed by atoms with Gasteiger partial charge in [0.1, 0.15) is 6.33 Å². The van der Waals surface area contributed by atoms with E-state index in [1.54, 1.807) is 15.3 Å². The molecule has 0 saturated carbocycles. The van der Waals surface area contributed by atoms with Crippen molar-refractivity contribution in [2.24, 2.45) is 0 Å². The second-order valence-electron chi connectivity index (χ2n) is 9.46. The summed E-state index contributed by atoms with van der Waals surface area (Å²) in [5, 5.41) is 8.39. The van der Waals surface area contributed by atoms with Gasteiger partial charge < -0.3 is 10.1 Å². The molecule has 9 nitrogen and oxygen atoms in total. The van der Waals surface area contributed by atoms with Gasteiger partial charge in [-0.05, 0) is 55.7 Å². The van der Waals surface area contributed by atoms with Crippen LogP contribution in [0.4, 0.5) is 0 Å². The first-order valence-electron chi connectivity index (χ1n) is 12.1. The van der Waals surface area contributed by atoms with E-state index in [-0.39, 0.29) is 42.3 Å². The van der Waals surface area contributed by atoms with Crippen LogP contribution in [0.15, 0.2) is 52.6 Å². The predicted octanol–water partition coefficient (Wildman–Crippen LogP) is 3.26. The van der Waals surface area contributed by atoms with E-state index >= 15 is 0 Å². The van der Waals surface area contributed by atoms with Crippen molar-refractivity contribution in [2.45, 2.75) is 45.9 Å². The molecule has 1 unspecified atom stereocenters. The van der Waals surface area contributed by atoms with E-state index in [1.807, 2.05) is 45.2 Å². The SMILES string of the molecule is Cc1cc(Cl)cc(-c2ncnn3cc(Cn4c(=O)ccn(C(C)C)c4=O)cc23)c1CC1CNCCO1.Cl. The number of ether oxygens (including phenoxy) is 1. The highest BCUT2D eigenvalue weighted by molar-refractivity contribution is 6.31. The van der Waals surface area contributed by atoms with Crippen molar-refractivity contribution in [2.75, 3.05) is 19.7 Å². The van der Waals surface area contributed by atoms with E-state index in [0.29, 0.717) is 11.6 Å². The number of hydrogen-bond donors (Lipinski definition) is 1. The molecule has 4 aromatic rings. The highest BCUT2D eigenvalue weighted by Crippen LogP contribution is 2.33. The Morgan fingerprint density at radius 1 is 1.24 bits per heavy atom. The van der Waals surface area contributed by atoms with E-state index in [2.05, 4.69) is 15.4 Å². The second-order valence-corrected chi connectivity index (χ2v) is 9.90. The predicted molar refractivity (Wildman–Crippen MR) is 146 cm³/mol. The van der Waals surface area contributed by atoms with E-state index in [0.717, 1.165) is 53.0 Å². The number of nitrogens with one attached hydrogen (secondary N) is 1. The van der Waals surface area contributed by atoms with Crippen molar-refractivity contribution in [1.29, 1.82) is 0 Å². The minimum absolute atomic E-state index is 0. The average Bonchev–Trinajstić information content (AvgIpc) is 3.26. The minimum atomic E-state index is -0.340. The van der Waals surface area contributed by atoms with E-state index < -0.39 is 0 Å². The Morgan fingerprint density at radius 2 is 2.05 bits per heavy atom. The second kappa shape index (κ2) is 11.2. The molecule has 1 N–H and O–H groups in total. The number of aryl methyl sites for hydroxylation is 1. The fourth-order valence-corrected chi connectivity index (χ4v) is 5.04. The fourth-order valence-electron chi connectivity index (χ4n) is 4.76. The van der Waals surface area contributed by atoms with Crippen LogP contribution in [-0.2, 0) is 17.7 Å². The molecular weight excluding hydrogens is 515 g/mol. The van der Waals surface area contributed by atoms with Crippen LogP contribution >= 0.6 is 24.0 Å². The smallest absolute Gasteiger partial charge is 0.331 e. The first kappa shape index (κ1) is 27.1. The summed E-state index contributed by atoms with van der Waals surface area (Å²) in [5.74, 6) is 0. The fraction of sp³-hybridized carbons (Fsp3) is 0.385. The van der Waals surface area contributed by atoms with Crippen molar-refractivity contribution < 1.29 is 4.74 Å². The molecule has 1 aromatic carbocycles. The van der Waals surface area contributed by atoms with Gasteiger partial charge in [-0.25, -0.2) is 14.3 Å². The molecule has 1 atom stereocenters. The first-order chi connectivity index (χ1) is 17.3. The van der Waals surface area contributed by atoms with E-state index in [1.165, 1.54) is 17.0 Å². The Labute approximate surface area is 225 Å². The highest BCUT2D eigenvalue weighted by Gasteiger charge is 2.21. The van der Waals surface area contributed by atoms with Gasteiger partial charge in [0.15, 0.2) is 0 Å². The molecule has 4 heterocycles. The van der Waals surface area contributed by atoms with Crippen LogP contribution in [0.25, 0.3) is 16.8 Å². The molecule has 196 valence electrons. The number of halogens is 2. The molecule has 5 rings (SSSR count). The minimum Gasteiger partial charge on any atom is -0.375 e. The lowest BCUT2D eigenvalue weighted by atomic mass is 9.94. The largest absolute Gasteiger partial charge is 0.375 e. The number of benzene rings is 1. The van der Waals surface area contributed by atoms with Crippen molar-refractivity contribution in [3.63, 3.8) is 0 Å². The summed E-state index contributed by atoms with van der Waals surface area (Å²) in [5.41, 5.74) is 4.71. The molecular formula is C26H30Cl2N6O3. The summed E-state index contributed by atoms with van der Waals surface area (Å²) in [4.78, 5) is 30.0. The van der Waals surface area contributed by atoms with Crippen LogP contribution in [0.1, 0.15) is 36.6 Å². The summed E-state index contributed by atoms with van der Waals surface area (Å²) in [6.45, 7) is 8.32. The van der Waals surface area contributed by atoms with Crippen LogP contribution in [0.5, 0.6) is 0 Å². The average molecular weight is 545 g/mol. The zero-order valence-corrected chi connectivity index (χ0v) is 22.6. The molecule has 0 aliphatic carbocycles. The van der Waals surface area contributed by atoms with Gasteiger partial charge >= 0.3 is 5.69 Å². The van der Waals surface area contributed by atoms with Crippen molar-refractivity contribution in [1.82, 2.24) is 29.0 Å². The number of rotatable bonds is 6. The van der Waals surface area contributed by atoms with Gasteiger partial charge in [-0.2, -0.15) is 5.10 Å². The lowest BCUT2D eigenvalue weighted by Crippen LogP contribution is -2.39. The lowest BCUT2D eigenvalue weighted by molar-refractivity contribution is 0.0292. The van der Waals surface area contributed by atoms with Crippen LogP contribution in [-0.4, -0.2) is 49.5 Å². The topological polar surface area (TPSA) is 95.5 Å². The Balaban J connectivity index is 0.00000320. The molecule has 0 radical (unpaired) electrons. The zero-order chi connectivity index (χ0) is 25.4. The zero-order valence-electron chi connectivity index (χ0n) is 21.0. The van der Waals surface area contributed by atoms with Gasteiger partial charge in [-0.1, -0.05) is 11.6 Å². The molecule has 0 bridgehead atoms. The van der Waals surface area contributed by atoms with Crippen molar-refractivity contribution in [3.05, 3.63) is 85.5 Å². The van der Waals surface area contributed by atoms with Gasteiger partial charge in [-0.3, -0.25) is 13.9 Å². The quantitative estimate of drug-likeness (QED) is 0.400. The molecule has 3 aromatic heterocycles. The standard InChI is InChI=1S/C26H29ClN6O3.ClH/c1-16(2)31-6-4-24(34)32(26(31)35)13-18-9-23-25(29-15-30-33(23)14-18)22-10-19(27)8-17(3)21(22)11-20-12-28-5-7-36-20;/h4,6,8-10,14-16,20,28H,5,7,11-13H2,1-3H3;1H. The van der Waals surface area contributed by atoms with Crippen molar-refractivity contribution >= 4 is 29.5 Å². The molecule has 0 spiro atoms. The summed E-state index contributed by atoms with van der Waals surface area (Å²) >= 11 is 6.48. The molecule has 1 aliphatic heterocycles. The Hall–Kier alpha value is -2.98. The summed E-state index contributed by atoms with van der Waals surface area (Å²) in [7, 11) is 0. The summed E-state index contributed by atoms with van der Waals surface area (Å²) < 4.78 is 10.5. The van der Waals surface area contributed by atoms with Gasteiger partial charge in [0.05, 0.1) is 30.5 Å². The maximum atomic E-state index is 12.9. The third-order valence-corrected chi connectivity index (χ3v) is 6.80. The maximum absolute atomic E-state index is 12.9. The highest BCUT2D eigenvalue weighted by atomic mass is 35.5. The van der Waals surface area contributed by atoms with Crippen LogP contribution < -0.4 is 16.6 Å². The normalized spacial score (nSPS) is 15.8. The molecule has 1 fully saturated rings. The molecule has 0 amide bonds. The lowest BCUT2D eigenvalue weighted by Gasteiger charge is -2.25. The van der Waals surface area contributed by atoms with Gasteiger partial charge in [0.25, 0.3) is 5.56 Å². The number of fused-ring (bicyclic) bond motifs is 1. The van der Waals surface area contributed by atoms with Crippen LogP contribution in [0, 0.1) is 6.92 Å². The molecule has 11 heteroatoms. The van der Waals surface area contributed by atoms with Gasteiger partial charge in [0, 0.05) is 54.6 Å². The number of aromatic nitrogens is 5. The Morgan fingerprint density at radius 3 is 2.78 bits per heavy atom. The van der Waals surface area contributed by atoms with Crippen LogP contribution in [0.2, 0.25) is 5.02 Å². The van der Waals surface area contributed by atoms with Crippen molar-refractivity contribution in [3.8, 4) is 11.3 Å². The van der Waals surface area contributed by atoms with Crippen LogP contribution in [0.3, 0.4) is 0 Å². The number of nitrogens with zero attached hydrogens (tertiary/aromatic N) is 5. The summed E-state index contributed by atoms with van der Waals surface area (Å²) in [6, 6.07) is 7.18. The Bertz CT molecular complexity index is 1540. The van der Waals surface area contributed by atoms with E-state index in [4.69, 9.17) is 16.3 Å². The molecule has 1 aliphatic rings. The van der Waals surface area contributed by atoms with E-state index in [9.17, 15) is 9.59 Å². The first-order valence-corrected chi connectivity index (χ1v) is 12.5. The Kier molecular flexibility index (Phi) is 8.18. The molecule has 37 heavy (non-hydrogen) atoms. The third kappa shape index (κ3) is 5.50. The van der Waals surface area contributed by atoms with Gasteiger partial charge in [0.2, 0.25) is 0 Å². The number of hydrogen-bond acceptors (Lipinski definition) is 6. The molecule has 1 saturated heterocycles.